The minimum absolute atomic E-state index is 0.189. The van der Waals surface area contributed by atoms with Crippen molar-refractivity contribution in [1.82, 2.24) is 20.2 Å². The molecule has 0 radical (unpaired) electrons. The van der Waals surface area contributed by atoms with Crippen LogP contribution in [0.25, 0.3) is 0 Å². The van der Waals surface area contributed by atoms with Gasteiger partial charge in [0, 0.05) is 24.0 Å². The van der Waals surface area contributed by atoms with Crippen LogP contribution in [0, 0.1) is 0 Å². The smallest absolute Gasteiger partial charge is 0.250 e. The van der Waals surface area contributed by atoms with E-state index in [1.807, 2.05) is 54.2 Å². The zero-order chi connectivity index (χ0) is 19.1. The molecule has 0 saturated carbocycles. The number of thioether (sulfide) groups is 2. The summed E-state index contributed by atoms with van der Waals surface area (Å²) in [6.07, 6.45) is 3.52. The molecule has 0 aliphatic rings. The number of amides is 1. The van der Waals surface area contributed by atoms with Crippen molar-refractivity contribution in [2.75, 3.05) is 5.75 Å². The van der Waals surface area contributed by atoms with Gasteiger partial charge in [-0.15, -0.1) is 10.2 Å². The summed E-state index contributed by atoms with van der Waals surface area (Å²) < 4.78 is 3.51. The Morgan fingerprint density at radius 2 is 2.04 bits per heavy atom. The van der Waals surface area contributed by atoms with Crippen LogP contribution in [0.4, 0.5) is 0 Å². The number of nitrogens with zero attached hydrogens (tertiary/aromatic N) is 4. The largest absolute Gasteiger partial charge is 0.350 e. The quantitative estimate of drug-likeness (QED) is 0.327. The van der Waals surface area contributed by atoms with E-state index in [1.54, 1.807) is 18.0 Å². The molecule has 0 bridgehead atoms. The first-order chi connectivity index (χ1) is 13.1. The highest BCUT2D eigenvalue weighted by molar-refractivity contribution is 8.03. The minimum Gasteiger partial charge on any atom is -0.350 e. The topological polar surface area (TPSA) is 72.2 Å². The van der Waals surface area contributed by atoms with Gasteiger partial charge in [-0.05, 0) is 23.8 Å². The monoisotopic (exact) mass is 437 g/mol. The molecule has 0 aliphatic heterocycles. The molecule has 2 heterocycles. The number of rotatable bonds is 8. The number of aryl methyl sites for hydroxylation is 1. The van der Waals surface area contributed by atoms with Crippen LogP contribution in [-0.2, 0) is 17.6 Å². The normalized spacial score (nSPS) is 11.2. The van der Waals surface area contributed by atoms with Crippen molar-refractivity contribution in [2.45, 2.75) is 14.4 Å². The Hall–Kier alpha value is -1.81. The summed E-state index contributed by atoms with van der Waals surface area (Å²) >= 11 is 10.5. The van der Waals surface area contributed by atoms with E-state index in [4.69, 9.17) is 11.6 Å². The van der Waals surface area contributed by atoms with Crippen LogP contribution in [0.5, 0.6) is 0 Å². The maximum atomic E-state index is 11.9. The fraction of sp³-hybridized carbons (Fsp3) is 0.176. The first-order valence-electron chi connectivity index (χ1n) is 7.87. The van der Waals surface area contributed by atoms with E-state index in [2.05, 4.69) is 20.7 Å². The predicted molar refractivity (Wildman–Crippen MR) is 113 cm³/mol. The number of carbonyl (C=O) groups is 1. The minimum atomic E-state index is -0.189. The third-order valence-electron chi connectivity index (χ3n) is 3.39. The van der Waals surface area contributed by atoms with Crippen molar-refractivity contribution >= 4 is 58.6 Å². The van der Waals surface area contributed by atoms with Gasteiger partial charge >= 0.3 is 0 Å². The van der Waals surface area contributed by atoms with Gasteiger partial charge in [-0.1, -0.05) is 64.7 Å². The average molecular weight is 438 g/mol. The number of aromatic nitrogens is 3. The molecule has 3 rings (SSSR count). The standard InChI is InChI=1S/C17H16ClN5OS3/c1-23-8-4-6-13(23)9-19-20-15(24)11-26-17-22-21-16(27-17)25-10-12-5-2-3-7-14(12)18/h2-9H,10-11H2,1H3,(H,20,24)/b19-9+. The van der Waals surface area contributed by atoms with E-state index in [1.165, 1.54) is 23.1 Å². The van der Waals surface area contributed by atoms with Gasteiger partial charge < -0.3 is 4.57 Å². The molecular weight excluding hydrogens is 422 g/mol. The van der Waals surface area contributed by atoms with Crippen molar-refractivity contribution in [1.29, 1.82) is 0 Å². The van der Waals surface area contributed by atoms with Crippen molar-refractivity contribution in [2.24, 2.45) is 12.1 Å². The lowest BCUT2D eigenvalue weighted by atomic mass is 10.2. The molecule has 140 valence electrons. The molecule has 0 fully saturated rings. The van der Waals surface area contributed by atoms with Gasteiger partial charge in [-0.2, -0.15) is 5.10 Å². The first kappa shape index (κ1) is 19.9. The lowest BCUT2D eigenvalue weighted by molar-refractivity contribution is -0.118. The summed E-state index contributed by atoms with van der Waals surface area (Å²) in [5.74, 6) is 0.771. The molecule has 1 N–H and O–H groups in total. The molecule has 0 aliphatic carbocycles. The number of hydrazone groups is 1. The summed E-state index contributed by atoms with van der Waals surface area (Å²) in [6, 6.07) is 11.6. The Morgan fingerprint density at radius 1 is 1.26 bits per heavy atom. The van der Waals surface area contributed by atoms with Crippen LogP contribution < -0.4 is 5.43 Å². The van der Waals surface area contributed by atoms with Crippen LogP contribution in [-0.4, -0.2) is 32.6 Å². The summed E-state index contributed by atoms with van der Waals surface area (Å²) in [4.78, 5) is 11.9. The van der Waals surface area contributed by atoms with Gasteiger partial charge in [0.15, 0.2) is 8.68 Å². The van der Waals surface area contributed by atoms with Crippen LogP contribution in [0.15, 0.2) is 56.4 Å². The summed E-state index contributed by atoms with van der Waals surface area (Å²) in [6.45, 7) is 0. The lowest BCUT2D eigenvalue weighted by Gasteiger charge is -2.00. The highest BCUT2D eigenvalue weighted by Gasteiger charge is 2.09. The Morgan fingerprint density at radius 3 is 2.78 bits per heavy atom. The Labute approximate surface area is 174 Å². The van der Waals surface area contributed by atoms with Crippen molar-refractivity contribution < 1.29 is 4.79 Å². The molecule has 1 aromatic carbocycles. The lowest BCUT2D eigenvalue weighted by Crippen LogP contribution is -2.19. The van der Waals surface area contributed by atoms with Crippen molar-refractivity contribution in [3.8, 4) is 0 Å². The van der Waals surface area contributed by atoms with Crippen LogP contribution in [0.2, 0.25) is 5.02 Å². The second-order valence-electron chi connectivity index (χ2n) is 5.34. The average Bonchev–Trinajstić information content (AvgIpc) is 3.28. The zero-order valence-electron chi connectivity index (χ0n) is 14.3. The summed E-state index contributed by atoms with van der Waals surface area (Å²) in [5.41, 5.74) is 4.48. The molecule has 3 aromatic rings. The maximum Gasteiger partial charge on any atom is 0.250 e. The van der Waals surface area contributed by atoms with Crippen molar-refractivity contribution in [3.63, 3.8) is 0 Å². The third-order valence-corrected chi connectivity index (χ3v) is 7.00. The molecular formula is C17H16ClN5OS3. The van der Waals surface area contributed by atoms with E-state index in [0.29, 0.717) is 0 Å². The predicted octanol–water partition coefficient (Wildman–Crippen LogP) is 4.06. The number of nitrogens with one attached hydrogen (secondary N) is 1. The van der Waals surface area contributed by atoms with Crippen LogP contribution in [0.3, 0.4) is 0 Å². The fourth-order valence-electron chi connectivity index (χ4n) is 2.01. The number of benzene rings is 1. The van der Waals surface area contributed by atoms with Gasteiger partial charge in [0.1, 0.15) is 0 Å². The van der Waals surface area contributed by atoms with Crippen LogP contribution >= 0.6 is 46.5 Å². The second kappa shape index (κ2) is 9.93. The molecule has 0 spiro atoms. The second-order valence-corrected chi connectivity index (χ2v) is 9.17. The Bertz CT molecular complexity index is 940. The molecule has 1 amide bonds. The molecule has 0 saturated heterocycles. The van der Waals surface area contributed by atoms with Gasteiger partial charge in [-0.3, -0.25) is 4.79 Å². The summed E-state index contributed by atoms with van der Waals surface area (Å²) in [5, 5.41) is 13.0. The van der Waals surface area contributed by atoms with Gasteiger partial charge in [-0.25, -0.2) is 5.43 Å². The molecule has 27 heavy (non-hydrogen) atoms. The Balaban J connectivity index is 1.42. The van der Waals surface area contributed by atoms with E-state index in [-0.39, 0.29) is 11.7 Å². The van der Waals surface area contributed by atoms with E-state index in [9.17, 15) is 4.79 Å². The first-order valence-corrected chi connectivity index (χ1v) is 11.0. The van der Waals surface area contributed by atoms with E-state index in [0.717, 1.165) is 30.7 Å². The zero-order valence-corrected chi connectivity index (χ0v) is 17.5. The van der Waals surface area contributed by atoms with E-state index < -0.39 is 0 Å². The fourth-order valence-corrected chi connectivity index (χ4v) is 5.11. The van der Waals surface area contributed by atoms with Gasteiger partial charge in [0.2, 0.25) is 0 Å². The number of hydrogen-bond donors (Lipinski definition) is 1. The molecule has 0 atom stereocenters. The third kappa shape index (κ3) is 6.10. The van der Waals surface area contributed by atoms with Crippen LogP contribution in [0.1, 0.15) is 11.3 Å². The van der Waals surface area contributed by atoms with Gasteiger partial charge in [0.05, 0.1) is 17.7 Å². The number of hydrogen-bond acceptors (Lipinski definition) is 7. The molecule has 2 aromatic heterocycles. The summed E-state index contributed by atoms with van der Waals surface area (Å²) in [7, 11) is 1.91. The highest BCUT2D eigenvalue weighted by atomic mass is 35.5. The highest BCUT2D eigenvalue weighted by Crippen LogP contribution is 2.32. The SMILES string of the molecule is Cn1cccc1/C=N/NC(=O)CSc1nnc(SCc2ccccc2Cl)s1. The number of halogens is 1. The van der Waals surface area contributed by atoms with Gasteiger partial charge in [0.25, 0.3) is 5.91 Å². The maximum absolute atomic E-state index is 11.9. The molecule has 6 nitrogen and oxygen atoms in total. The van der Waals surface area contributed by atoms with Crippen molar-refractivity contribution in [3.05, 3.63) is 58.9 Å². The number of carbonyl (C=O) groups excluding carboxylic acids is 1. The Kier molecular flexibility index (Phi) is 7.33. The molecule has 0 unspecified atom stereocenters. The molecule has 10 heteroatoms. The van der Waals surface area contributed by atoms with E-state index >= 15 is 0 Å².